The summed E-state index contributed by atoms with van der Waals surface area (Å²) in [7, 11) is 0. The van der Waals surface area contributed by atoms with E-state index in [1.165, 1.54) is 0 Å². The van der Waals surface area contributed by atoms with Crippen molar-refractivity contribution in [3.8, 4) is 18.4 Å². The van der Waals surface area contributed by atoms with Gasteiger partial charge in [0.05, 0.1) is 12.5 Å². The number of carbonyl (C=O) groups excluding carboxylic acids is 4. The summed E-state index contributed by atoms with van der Waals surface area (Å²) < 4.78 is 5.17. The van der Waals surface area contributed by atoms with Crippen LogP contribution in [-0.4, -0.2) is 52.9 Å². The maximum Gasteiger partial charge on any atom is 0.408 e. The average molecular weight is 470 g/mol. The first-order valence-corrected chi connectivity index (χ1v) is 10.6. The highest BCUT2D eigenvalue weighted by Gasteiger charge is 2.37. The molecule has 0 aliphatic heterocycles. The monoisotopic (exact) mass is 469 g/mol. The van der Waals surface area contributed by atoms with Crippen LogP contribution in [-0.2, 0) is 19.1 Å². The number of nitrogens with one attached hydrogen (secondary N) is 2. The number of amides is 4. The molecule has 1 aromatic rings. The second-order valence-corrected chi connectivity index (χ2v) is 8.83. The van der Waals surface area contributed by atoms with E-state index in [0.717, 1.165) is 4.90 Å². The Morgan fingerprint density at radius 2 is 1.74 bits per heavy atom. The third kappa shape index (κ3) is 8.83. The molecule has 0 fully saturated rings. The number of carbonyl (C=O) groups is 4. The van der Waals surface area contributed by atoms with Crippen LogP contribution < -0.4 is 16.4 Å². The number of hydrogen-bond donors (Lipinski definition) is 3. The molecule has 1 aromatic carbocycles. The van der Waals surface area contributed by atoms with Crippen molar-refractivity contribution >= 4 is 23.8 Å². The van der Waals surface area contributed by atoms with Gasteiger partial charge >= 0.3 is 6.09 Å². The summed E-state index contributed by atoms with van der Waals surface area (Å²) in [5, 5.41) is 14.5. The number of hydrogen-bond acceptors (Lipinski definition) is 6. The van der Waals surface area contributed by atoms with Crippen molar-refractivity contribution in [2.45, 2.75) is 64.8 Å². The van der Waals surface area contributed by atoms with Gasteiger partial charge in [-0.25, -0.2) is 4.79 Å². The van der Waals surface area contributed by atoms with E-state index in [0.29, 0.717) is 11.1 Å². The lowest BCUT2D eigenvalue weighted by atomic mass is 10.0. The quantitative estimate of drug-likeness (QED) is 0.366. The molecule has 2 unspecified atom stereocenters. The molecule has 4 amide bonds. The summed E-state index contributed by atoms with van der Waals surface area (Å²) in [6.07, 6.45) is 3.89. The number of benzene rings is 1. The minimum atomic E-state index is -1.46. The number of terminal acetylenes is 1. The molecular weight excluding hydrogens is 438 g/mol. The van der Waals surface area contributed by atoms with E-state index in [-0.39, 0.29) is 6.04 Å². The van der Waals surface area contributed by atoms with Gasteiger partial charge in [-0.3, -0.25) is 14.4 Å². The molecule has 1 rings (SSSR count). The second kappa shape index (κ2) is 12.3. The molecular formula is C24H31N5O5. The molecule has 4 N–H and O–H groups in total. The Morgan fingerprint density at radius 3 is 2.18 bits per heavy atom. The molecule has 0 aliphatic rings. The van der Waals surface area contributed by atoms with Crippen LogP contribution in [0.5, 0.6) is 0 Å². The molecule has 10 nitrogen and oxygen atoms in total. The zero-order chi connectivity index (χ0) is 26.1. The van der Waals surface area contributed by atoms with Crippen molar-refractivity contribution in [3.63, 3.8) is 0 Å². The zero-order valence-electron chi connectivity index (χ0n) is 20.0. The number of nitriles is 1. The standard InChI is InChI=1S/C24H31N5O5/c1-7-16-8-10-17(11-9-16)20(21(31)27-15(2)3)29(13-12-25)22(32)18(14-19(26)30)28-23(33)34-24(4,5)6/h1,8-11,15,18,20H,13-14H2,2-6H3,(H2,26,30)(H,27,31)(H,28,33). The lowest BCUT2D eigenvalue weighted by molar-refractivity contribution is -0.142. The van der Waals surface area contributed by atoms with Crippen LogP contribution >= 0.6 is 0 Å². The maximum absolute atomic E-state index is 13.5. The van der Waals surface area contributed by atoms with Crippen LogP contribution in [0, 0.1) is 23.7 Å². The van der Waals surface area contributed by atoms with Crippen LogP contribution in [0.3, 0.4) is 0 Å². The van der Waals surface area contributed by atoms with E-state index in [2.05, 4.69) is 16.6 Å². The molecule has 34 heavy (non-hydrogen) atoms. The van der Waals surface area contributed by atoms with Crippen LogP contribution in [0.1, 0.15) is 58.2 Å². The van der Waals surface area contributed by atoms with Crippen LogP contribution in [0.2, 0.25) is 0 Å². The van der Waals surface area contributed by atoms with Gasteiger partial charge in [0.2, 0.25) is 17.7 Å². The largest absolute Gasteiger partial charge is 0.444 e. The Balaban J connectivity index is 3.46. The Morgan fingerprint density at radius 1 is 1.15 bits per heavy atom. The highest BCUT2D eigenvalue weighted by Crippen LogP contribution is 2.23. The molecule has 0 heterocycles. The van der Waals surface area contributed by atoms with Crippen molar-refractivity contribution in [3.05, 3.63) is 35.4 Å². The smallest absolute Gasteiger partial charge is 0.408 e. The summed E-state index contributed by atoms with van der Waals surface area (Å²) in [5.41, 5.74) is 5.37. The fraction of sp³-hybridized carbons (Fsp3) is 0.458. The van der Waals surface area contributed by atoms with Crippen LogP contribution in [0.25, 0.3) is 0 Å². The van der Waals surface area contributed by atoms with Gasteiger partial charge in [0.25, 0.3) is 0 Å². The van der Waals surface area contributed by atoms with Crippen LogP contribution in [0.15, 0.2) is 24.3 Å². The molecule has 182 valence electrons. The van der Waals surface area contributed by atoms with Crippen molar-refractivity contribution in [1.82, 2.24) is 15.5 Å². The normalized spacial score (nSPS) is 12.5. The van der Waals surface area contributed by atoms with Crippen molar-refractivity contribution in [2.75, 3.05) is 6.54 Å². The summed E-state index contributed by atoms with van der Waals surface area (Å²) in [4.78, 5) is 51.5. The third-order valence-corrected chi connectivity index (χ3v) is 4.30. The lowest BCUT2D eigenvalue weighted by Crippen LogP contribution is -2.54. The first kappa shape index (κ1) is 28.0. The molecule has 0 bridgehead atoms. The van der Waals surface area contributed by atoms with Crippen molar-refractivity contribution < 1.29 is 23.9 Å². The highest BCUT2D eigenvalue weighted by atomic mass is 16.6. The van der Waals surface area contributed by atoms with E-state index in [4.69, 9.17) is 16.9 Å². The molecule has 0 aliphatic carbocycles. The van der Waals surface area contributed by atoms with Gasteiger partial charge in [0, 0.05) is 11.6 Å². The molecule has 0 saturated carbocycles. The van der Waals surface area contributed by atoms with Gasteiger partial charge in [0.1, 0.15) is 24.2 Å². The predicted molar refractivity (Wildman–Crippen MR) is 125 cm³/mol. The van der Waals surface area contributed by atoms with E-state index in [1.807, 2.05) is 6.07 Å². The number of primary amides is 1. The van der Waals surface area contributed by atoms with Gasteiger partial charge < -0.3 is 26.0 Å². The lowest BCUT2D eigenvalue weighted by Gasteiger charge is -2.33. The Hall–Kier alpha value is -4.05. The first-order valence-electron chi connectivity index (χ1n) is 10.6. The Labute approximate surface area is 199 Å². The molecule has 0 aromatic heterocycles. The third-order valence-electron chi connectivity index (χ3n) is 4.30. The molecule has 0 radical (unpaired) electrons. The summed E-state index contributed by atoms with van der Waals surface area (Å²) >= 11 is 0. The van der Waals surface area contributed by atoms with Gasteiger partial charge in [-0.05, 0) is 52.3 Å². The van der Waals surface area contributed by atoms with E-state index >= 15 is 0 Å². The topological polar surface area (TPSA) is 155 Å². The summed E-state index contributed by atoms with van der Waals surface area (Å²) in [6.45, 7) is 7.87. The fourth-order valence-corrected chi connectivity index (χ4v) is 3.02. The number of rotatable bonds is 9. The maximum atomic E-state index is 13.5. The Kier molecular flexibility index (Phi) is 10.1. The van der Waals surface area contributed by atoms with Crippen molar-refractivity contribution in [1.29, 1.82) is 5.26 Å². The van der Waals surface area contributed by atoms with E-state index in [9.17, 15) is 24.4 Å². The molecule has 0 spiro atoms. The molecule has 2 atom stereocenters. The molecule has 10 heteroatoms. The SMILES string of the molecule is C#Cc1ccc(C(C(=O)NC(C)C)N(CC#N)C(=O)C(CC(N)=O)NC(=O)OC(C)(C)C)cc1. The number of alkyl carbamates (subject to hydrolysis) is 1. The summed E-state index contributed by atoms with van der Waals surface area (Å²) in [6, 6.07) is 5.24. The van der Waals surface area contributed by atoms with Gasteiger partial charge in [-0.15, -0.1) is 6.42 Å². The van der Waals surface area contributed by atoms with Gasteiger partial charge in [0.15, 0.2) is 0 Å². The van der Waals surface area contributed by atoms with Crippen molar-refractivity contribution in [2.24, 2.45) is 5.73 Å². The average Bonchev–Trinajstić information content (AvgIpc) is 2.70. The minimum Gasteiger partial charge on any atom is -0.444 e. The number of ether oxygens (including phenoxy) is 1. The Bertz CT molecular complexity index is 983. The fourth-order valence-electron chi connectivity index (χ4n) is 3.02. The van der Waals surface area contributed by atoms with Gasteiger partial charge in [-0.1, -0.05) is 18.1 Å². The van der Waals surface area contributed by atoms with E-state index < -0.39 is 54.5 Å². The predicted octanol–water partition coefficient (Wildman–Crippen LogP) is 1.35. The molecule has 0 saturated heterocycles. The zero-order valence-corrected chi connectivity index (χ0v) is 20.0. The highest BCUT2D eigenvalue weighted by molar-refractivity contribution is 5.94. The number of nitrogens with two attached hydrogens (primary N) is 1. The minimum absolute atomic E-state index is 0.264. The first-order chi connectivity index (χ1) is 15.8. The number of nitrogens with zero attached hydrogens (tertiary/aromatic N) is 2. The van der Waals surface area contributed by atoms with Gasteiger partial charge in [-0.2, -0.15) is 5.26 Å². The summed E-state index contributed by atoms with van der Waals surface area (Å²) in [5.74, 6) is 0.193. The van der Waals surface area contributed by atoms with Crippen LogP contribution in [0.4, 0.5) is 4.79 Å². The van der Waals surface area contributed by atoms with E-state index in [1.54, 1.807) is 58.9 Å². The second-order valence-electron chi connectivity index (χ2n) is 8.83.